The number of carbonyl (C=O) groups is 1. The monoisotopic (exact) mass is 344 g/mol. The second kappa shape index (κ2) is 9.20. The third-order valence-electron chi connectivity index (χ3n) is 3.75. The van der Waals surface area contributed by atoms with E-state index in [0.717, 1.165) is 16.7 Å². The van der Waals surface area contributed by atoms with E-state index in [1.807, 2.05) is 66.7 Å². The summed E-state index contributed by atoms with van der Waals surface area (Å²) >= 11 is 0. The summed E-state index contributed by atoms with van der Waals surface area (Å²) in [6.45, 7) is 0.318. The van der Waals surface area contributed by atoms with Crippen molar-refractivity contribution in [2.45, 2.75) is 6.61 Å². The SMILES string of the molecule is O=C(N/C=C/c1ccc(-c2ccccc2)cc1)NOCc1ccccc1. The number of amides is 2. The molecule has 3 aromatic carbocycles. The van der Waals surface area contributed by atoms with Crippen molar-refractivity contribution in [3.8, 4) is 11.1 Å². The molecule has 0 aliphatic heterocycles. The van der Waals surface area contributed by atoms with Crippen LogP contribution in [-0.2, 0) is 11.4 Å². The van der Waals surface area contributed by atoms with Gasteiger partial charge in [-0.2, -0.15) is 0 Å². The fourth-order valence-corrected chi connectivity index (χ4v) is 2.42. The fraction of sp³-hybridized carbons (Fsp3) is 0.0455. The largest absolute Gasteiger partial charge is 0.342 e. The highest BCUT2D eigenvalue weighted by molar-refractivity contribution is 5.75. The van der Waals surface area contributed by atoms with E-state index in [2.05, 4.69) is 35.1 Å². The van der Waals surface area contributed by atoms with Crippen LogP contribution in [0.3, 0.4) is 0 Å². The number of hydrogen-bond donors (Lipinski definition) is 2. The van der Waals surface area contributed by atoms with Gasteiger partial charge < -0.3 is 5.32 Å². The van der Waals surface area contributed by atoms with Gasteiger partial charge in [-0.05, 0) is 28.3 Å². The van der Waals surface area contributed by atoms with Crippen molar-refractivity contribution in [3.63, 3.8) is 0 Å². The normalized spacial score (nSPS) is 10.6. The van der Waals surface area contributed by atoms with Gasteiger partial charge in [0.15, 0.2) is 0 Å². The molecule has 3 rings (SSSR count). The minimum absolute atomic E-state index is 0.318. The molecule has 0 saturated heterocycles. The van der Waals surface area contributed by atoms with E-state index in [0.29, 0.717) is 6.61 Å². The van der Waals surface area contributed by atoms with E-state index >= 15 is 0 Å². The van der Waals surface area contributed by atoms with Crippen molar-refractivity contribution >= 4 is 12.1 Å². The molecule has 0 aromatic heterocycles. The van der Waals surface area contributed by atoms with Gasteiger partial charge in [0.05, 0.1) is 6.61 Å². The van der Waals surface area contributed by atoms with Crippen LogP contribution in [0.2, 0.25) is 0 Å². The lowest BCUT2D eigenvalue weighted by atomic mass is 10.0. The van der Waals surface area contributed by atoms with E-state index in [9.17, 15) is 4.79 Å². The lowest BCUT2D eigenvalue weighted by molar-refractivity contribution is 0.0502. The number of nitrogens with one attached hydrogen (secondary N) is 2. The molecule has 26 heavy (non-hydrogen) atoms. The third kappa shape index (κ3) is 5.33. The molecular weight excluding hydrogens is 324 g/mol. The van der Waals surface area contributed by atoms with Gasteiger partial charge in [0.1, 0.15) is 0 Å². The molecule has 3 aromatic rings. The molecule has 0 atom stereocenters. The van der Waals surface area contributed by atoms with E-state index in [1.165, 1.54) is 5.56 Å². The van der Waals surface area contributed by atoms with E-state index in [4.69, 9.17) is 4.84 Å². The number of benzene rings is 3. The van der Waals surface area contributed by atoms with Gasteiger partial charge in [0, 0.05) is 6.20 Å². The minimum Gasteiger partial charge on any atom is -0.313 e. The Morgan fingerprint density at radius 3 is 2.12 bits per heavy atom. The fourth-order valence-electron chi connectivity index (χ4n) is 2.42. The summed E-state index contributed by atoms with van der Waals surface area (Å²) in [6, 6.07) is 27.5. The molecule has 0 aliphatic rings. The van der Waals surface area contributed by atoms with Crippen LogP contribution in [0.4, 0.5) is 4.79 Å². The predicted molar refractivity (Wildman–Crippen MR) is 104 cm³/mol. The minimum atomic E-state index is -0.418. The molecule has 0 spiro atoms. The molecule has 0 aliphatic carbocycles. The zero-order chi connectivity index (χ0) is 18.0. The molecule has 0 radical (unpaired) electrons. The molecule has 4 heteroatoms. The Hall–Kier alpha value is -3.37. The molecule has 130 valence electrons. The van der Waals surface area contributed by atoms with Crippen molar-refractivity contribution in [2.24, 2.45) is 0 Å². The van der Waals surface area contributed by atoms with Gasteiger partial charge in [0.2, 0.25) is 0 Å². The number of carbonyl (C=O) groups excluding carboxylic acids is 1. The first-order valence-corrected chi connectivity index (χ1v) is 8.35. The molecular formula is C22H20N2O2. The number of hydroxylamine groups is 1. The molecule has 0 bridgehead atoms. The van der Waals surface area contributed by atoms with E-state index in [1.54, 1.807) is 6.20 Å². The Morgan fingerprint density at radius 1 is 0.808 bits per heavy atom. The number of rotatable bonds is 6. The van der Waals surface area contributed by atoms with Crippen LogP contribution in [0.15, 0.2) is 91.1 Å². The van der Waals surface area contributed by atoms with Gasteiger partial charge in [0.25, 0.3) is 0 Å². The highest BCUT2D eigenvalue weighted by atomic mass is 16.7. The highest BCUT2D eigenvalue weighted by Gasteiger charge is 1.98. The quantitative estimate of drug-likeness (QED) is 0.634. The summed E-state index contributed by atoms with van der Waals surface area (Å²) in [5, 5.41) is 2.61. The topological polar surface area (TPSA) is 50.4 Å². The predicted octanol–water partition coefficient (Wildman–Crippen LogP) is 4.76. The maximum atomic E-state index is 11.7. The van der Waals surface area contributed by atoms with Crippen LogP contribution in [0.5, 0.6) is 0 Å². The Kier molecular flexibility index (Phi) is 6.18. The first kappa shape index (κ1) is 17.5. The summed E-state index contributed by atoms with van der Waals surface area (Å²) < 4.78 is 0. The maximum Gasteiger partial charge on any atom is 0.342 e. The molecule has 2 N–H and O–H groups in total. The van der Waals surface area contributed by atoms with E-state index < -0.39 is 6.03 Å². The molecule has 0 heterocycles. The van der Waals surface area contributed by atoms with Crippen molar-refractivity contribution in [3.05, 3.63) is 102 Å². The first-order chi connectivity index (χ1) is 12.8. The van der Waals surface area contributed by atoms with Crippen LogP contribution in [0, 0.1) is 0 Å². The zero-order valence-corrected chi connectivity index (χ0v) is 14.3. The average molecular weight is 344 g/mol. The van der Waals surface area contributed by atoms with Crippen molar-refractivity contribution in [1.82, 2.24) is 10.8 Å². The lowest BCUT2D eigenvalue weighted by Crippen LogP contribution is -2.31. The third-order valence-corrected chi connectivity index (χ3v) is 3.75. The Bertz CT molecular complexity index is 844. The summed E-state index contributed by atoms with van der Waals surface area (Å²) in [5.74, 6) is 0. The highest BCUT2D eigenvalue weighted by Crippen LogP contribution is 2.19. The lowest BCUT2D eigenvalue weighted by Gasteiger charge is -2.05. The van der Waals surface area contributed by atoms with E-state index in [-0.39, 0.29) is 0 Å². The molecule has 0 unspecified atom stereocenters. The van der Waals surface area contributed by atoms with Gasteiger partial charge in [-0.25, -0.2) is 10.3 Å². The second-order valence-corrected chi connectivity index (χ2v) is 5.67. The van der Waals surface area contributed by atoms with Crippen LogP contribution >= 0.6 is 0 Å². The zero-order valence-electron chi connectivity index (χ0n) is 14.3. The summed E-state index contributed by atoms with van der Waals surface area (Å²) in [7, 11) is 0. The molecule has 0 saturated carbocycles. The van der Waals surface area contributed by atoms with Gasteiger partial charge in [-0.3, -0.25) is 4.84 Å². The van der Waals surface area contributed by atoms with Crippen LogP contribution < -0.4 is 10.8 Å². The Labute approximate surface area is 153 Å². The van der Waals surface area contributed by atoms with Crippen LogP contribution in [0.25, 0.3) is 17.2 Å². The van der Waals surface area contributed by atoms with Crippen LogP contribution in [0.1, 0.15) is 11.1 Å². The van der Waals surface area contributed by atoms with Crippen molar-refractivity contribution in [2.75, 3.05) is 0 Å². The standard InChI is InChI=1S/C22H20N2O2/c25-22(24-26-17-19-7-3-1-4-8-19)23-16-15-18-11-13-21(14-12-18)20-9-5-2-6-10-20/h1-16H,17H2,(H2,23,24,25)/b16-15+. The Morgan fingerprint density at radius 2 is 1.42 bits per heavy atom. The van der Waals surface area contributed by atoms with Crippen molar-refractivity contribution < 1.29 is 9.63 Å². The first-order valence-electron chi connectivity index (χ1n) is 8.35. The van der Waals surface area contributed by atoms with Gasteiger partial charge in [-0.1, -0.05) is 84.9 Å². The summed E-state index contributed by atoms with van der Waals surface area (Å²) in [5.41, 5.74) is 6.66. The number of urea groups is 1. The number of hydrogen-bond acceptors (Lipinski definition) is 2. The second-order valence-electron chi connectivity index (χ2n) is 5.67. The summed E-state index contributed by atoms with van der Waals surface area (Å²) in [4.78, 5) is 16.8. The van der Waals surface area contributed by atoms with Crippen LogP contribution in [-0.4, -0.2) is 6.03 Å². The molecule has 2 amide bonds. The van der Waals surface area contributed by atoms with Gasteiger partial charge in [-0.15, -0.1) is 0 Å². The van der Waals surface area contributed by atoms with Gasteiger partial charge >= 0.3 is 6.03 Å². The molecule has 4 nitrogen and oxygen atoms in total. The maximum absolute atomic E-state index is 11.7. The Balaban J connectivity index is 1.44. The van der Waals surface area contributed by atoms with Crippen molar-refractivity contribution in [1.29, 1.82) is 0 Å². The molecule has 0 fully saturated rings. The smallest absolute Gasteiger partial charge is 0.313 e. The summed E-state index contributed by atoms with van der Waals surface area (Å²) in [6.07, 6.45) is 3.41. The average Bonchev–Trinajstić information content (AvgIpc) is 2.70.